The molecule has 28 heavy (non-hydrogen) atoms. The van der Waals surface area contributed by atoms with E-state index in [2.05, 4.69) is 20.3 Å². The summed E-state index contributed by atoms with van der Waals surface area (Å²) in [5.74, 6) is 0.340. The second kappa shape index (κ2) is 8.18. The molecule has 0 saturated carbocycles. The number of thiophene rings is 1. The van der Waals surface area contributed by atoms with Gasteiger partial charge in [-0.05, 0) is 42.1 Å². The fourth-order valence-corrected chi connectivity index (χ4v) is 4.58. The van der Waals surface area contributed by atoms with Crippen LogP contribution in [0.1, 0.15) is 31.8 Å². The fourth-order valence-electron chi connectivity index (χ4n) is 2.74. The number of halogens is 1. The quantitative estimate of drug-likeness (QED) is 0.479. The van der Waals surface area contributed by atoms with Crippen LogP contribution in [-0.2, 0) is 0 Å². The molecular formula is C20H15ClN4OS2. The Labute approximate surface area is 175 Å². The Hall–Kier alpha value is -2.61. The number of nitrogens with one attached hydrogen (secondary N) is 1. The van der Waals surface area contributed by atoms with Crippen LogP contribution in [0.25, 0.3) is 10.8 Å². The average molecular weight is 427 g/mol. The highest BCUT2D eigenvalue weighted by Gasteiger charge is 2.23. The van der Waals surface area contributed by atoms with Crippen molar-refractivity contribution in [1.29, 1.82) is 0 Å². The predicted octanol–water partition coefficient (Wildman–Crippen LogP) is 5.14. The molecule has 5 nitrogen and oxygen atoms in total. The van der Waals surface area contributed by atoms with Crippen LogP contribution in [-0.4, -0.2) is 20.9 Å². The van der Waals surface area contributed by atoms with Gasteiger partial charge in [-0.3, -0.25) is 4.79 Å². The summed E-state index contributed by atoms with van der Waals surface area (Å²) in [6.07, 6.45) is 3.32. The van der Waals surface area contributed by atoms with Gasteiger partial charge in [0, 0.05) is 22.3 Å². The van der Waals surface area contributed by atoms with Gasteiger partial charge < -0.3 is 5.32 Å². The molecule has 1 atom stereocenters. The lowest BCUT2D eigenvalue weighted by molar-refractivity contribution is 0.0947. The lowest BCUT2D eigenvalue weighted by Crippen LogP contribution is -2.28. The minimum absolute atomic E-state index is 0.175. The number of rotatable bonds is 5. The Bertz CT molecular complexity index is 1080. The zero-order valence-electron chi connectivity index (χ0n) is 14.8. The van der Waals surface area contributed by atoms with Crippen molar-refractivity contribution in [1.82, 2.24) is 20.3 Å². The van der Waals surface area contributed by atoms with E-state index in [1.165, 1.54) is 11.3 Å². The Morgan fingerprint density at radius 1 is 1.11 bits per heavy atom. The highest BCUT2D eigenvalue weighted by molar-refractivity contribution is 7.17. The van der Waals surface area contributed by atoms with E-state index in [9.17, 15) is 4.79 Å². The molecule has 0 aliphatic heterocycles. The lowest BCUT2D eigenvalue weighted by atomic mass is 10.1. The van der Waals surface area contributed by atoms with Crippen molar-refractivity contribution in [2.24, 2.45) is 0 Å². The first kappa shape index (κ1) is 18.7. The third-order valence-corrected chi connectivity index (χ3v) is 6.41. The molecule has 1 amide bonds. The summed E-state index contributed by atoms with van der Waals surface area (Å²) in [6, 6.07) is 13.0. The molecule has 3 heterocycles. The molecule has 1 unspecified atom stereocenters. The number of carbonyl (C=O) groups is 1. The molecule has 0 aliphatic rings. The molecule has 140 valence electrons. The molecular weight excluding hydrogens is 412 g/mol. The smallest absolute Gasteiger partial charge is 0.264 e. The van der Waals surface area contributed by atoms with E-state index in [4.69, 9.17) is 11.6 Å². The molecule has 0 fully saturated rings. The van der Waals surface area contributed by atoms with Gasteiger partial charge in [-0.1, -0.05) is 29.8 Å². The van der Waals surface area contributed by atoms with Crippen LogP contribution in [0.2, 0.25) is 5.02 Å². The average Bonchev–Trinajstić information content (AvgIpc) is 3.37. The van der Waals surface area contributed by atoms with Crippen LogP contribution in [0, 0.1) is 6.92 Å². The van der Waals surface area contributed by atoms with Crippen LogP contribution in [0.5, 0.6) is 0 Å². The molecule has 4 aromatic rings. The van der Waals surface area contributed by atoms with Gasteiger partial charge >= 0.3 is 0 Å². The van der Waals surface area contributed by atoms with Gasteiger partial charge in [-0.2, -0.15) is 0 Å². The number of amides is 1. The maximum atomic E-state index is 13.1. The molecule has 8 heteroatoms. The summed E-state index contributed by atoms with van der Waals surface area (Å²) in [4.78, 5) is 27.6. The van der Waals surface area contributed by atoms with Gasteiger partial charge in [0.15, 0.2) is 10.8 Å². The number of carbonyl (C=O) groups excluding carboxylic acids is 1. The number of benzene rings is 1. The number of hydrogen-bond acceptors (Lipinski definition) is 6. The predicted molar refractivity (Wildman–Crippen MR) is 113 cm³/mol. The van der Waals surface area contributed by atoms with Gasteiger partial charge in [-0.25, -0.2) is 15.0 Å². The van der Waals surface area contributed by atoms with Crippen molar-refractivity contribution in [2.45, 2.75) is 13.0 Å². The van der Waals surface area contributed by atoms with E-state index < -0.39 is 0 Å². The highest BCUT2D eigenvalue weighted by Crippen LogP contribution is 2.30. The summed E-state index contributed by atoms with van der Waals surface area (Å²) in [6.45, 7) is 1.82. The molecule has 3 aromatic heterocycles. The van der Waals surface area contributed by atoms with Gasteiger partial charge in [0.05, 0.1) is 11.7 Å². The maximum absolute atomic E-state index is 13.1. The number of hydrogen-bond donors (Lipinski definition) is 1. The third kappa shape index (κ3) is 3.96. The first-order chi connectivity index (χ1) is 13.6. The molecule has 0 saturated heterocycles. The van der Waals surface area contributed by atoms with Gasteiger partial charge in [-0.15, -0.1) is 22.7 Å². The SMILES string of the molecule is Cc1nc(-c2ncccn2)sc1C(=O)NC(c1ccc(Cl)cc1)c1cccs1. The normalized spacial score (nSPS) is 11.9. The number of nitrogens with zero attached hydrogens (tertiary/aromatic N) is 3. The fraction of sp³-hybridized carbons (Fsp3) is 0.100. The van der Waals surface area contributed by atoms with Crippen LogP contribution in [0.15, 0.2) is 60.2 Å². The van der Waals surface area contributed by atoms with Crippen LogP contribution >= 0.6 is 34.3 Å². The maximum Gasteiger partial charge on any atom is 0.264 e. The zero-order chi connectivity index (χ0) is 19.5. The van der Waals surface area contributed by atoms with E-state index in [1.54, 1.807) is 29.8 Å². The number of aromatic nitrogens is 3. The molecule has 0 aliphatic carbocycles. The second-order valence-corrected chi connectivity index (χ2v) is 8.39. The molecule has 1 aromatic carbocycles. The van der Waals surface area contributed by atoms with E-state index in [1.807, 2.05) is 48.7 Å². The van der Waals surface area contributed by atoms with Crippen molar-refractivity contribution in [3.8, 4) is 10.8 Å². The van der Waals surface area contributed by atoms with E-state index in [0.717, 1.165) is 10.4 Å². The van der Waals surface area contributed by atoms with E-state index in [-0.39, 0.29) is 11.9 Å². The van der Waals surface area contributed by atoms with Crippen molar-refractivity contribution in [3.63, 3.8) is 0 Å². The molecule has 0 bridgehead atoms. The zero-order valence-corrected chi connectivity index (χ0v) is 17.2. The van der Waals surface area contributed by atoms with Crippen LogP contribution in [0.3, 0.4) is 0 Å². The first-order valence-corrected chi connectivity index (χ1v) is 10.5. The third-order valence-electron chi connectivity index (χ3n) is 4.07. The molecule has 4 rings (SSSR count). The lowest BCUT2D eigenvalue weighted by Gasteiger charge is -2.18. The molecule has 0 spiro atoms. The molecule has 1 N–H and O–H groups in total. The second-order valence-electron chi connectivity index (χ2n) is 5.98. The Morgan fingerprint density at radius 2 is 1.86 bits per heavy atom. The van der Waals surface area contributed by atoms with Gasteiger partial charge in [0.1, 0.15) is 4.88 Å². The minimum atomic E-state index is -0.261. The standard InChI is InChI=1S/C20H15ClN4OS2/c1-12-17(28-20(24-12)18-22-9-3-10-23-18)19(26)25-16(15-4-2-11-27-15)13-5-7-14(21)8-6-13/h2-11,16H,1H3,(H,25,26). The summed E-state index contributed by atoms with van der Waals surface area (Å²) < 4.78 is 0. The summed E-state index contributed by atoms with van der Waals surface area (Å²) >= 11 is 8.91. The highest BCUT2D eigenvalue weighted by atomic mass is 35.5. The van der Waals surface area contributed by atoms with Crippen LogP contribution < -0.4 is 5.32 Å². The molecule has 0 radical (unpaired) electrons. The van der Waals surface area contributed by atoms with E-state index >= 15 is 0 Å². The van der Waals surface area contributed by atoms with Crippen molar-refractivity contribution >= 4 is 40.2 Å². The van der Waals surface area contributed by atoms with E-state index in [0.29, 0.717) is 26.4 Å². The van der Waals surface area contributed by atoms with Gasteiger partial charge in [0.2, 0.25) is 0 Å². The number of aryl methyl sites for hydroxylation is 1. The van der Waals surface area contributed by atoms with Crippen molar-refractivity contribution in [2.75, 3.05) is 0 Å². The Balaban J connectivity index is 1.63. The summed E-state index contributed by atoms with van der Waals surface area (Å²) in [5, 5.41) is 6.41. The van der Waals surface area contributed by atoms with Gasteiger partial charge in [0.25, 0.3) is 5.91 Å². The summed E-state index contributed by atoms with van der Waals surface area (Å²) in [7, 11) is 0. The Kier molecular flexibility index (Phi) is 5.47. The topological polar surface area (TPSA) is 67.8 Å². The minimum Gasteiger partial charge on any atom is -0.340 e. The largest absolute Gasteiger partial charge is 0.340 e. The van der Waals surface area contributed by atoms with Crippen molar-refractivity contribution in [3.05, 3.63) is 86.3 Å². The number of thiazole rings is 1. The summed E-state index contributed by atoms with van der Waals surface area (Å²) in [5.41, 5.74) is 1.62. The monoisotopic (exact) mass is 426 g/mol. The first-order valence-electron chi connectivity index (χ1n) is 8.46. The Morgan fingerprint density at radius 3 is 2.54 bits per heavy atom. The van der Waals surface area contributed by atoms with Crippen LogP contribution in [0.4, 0.5) is 0 Å². The van der Waals surface area contributed by atoms with Crippen molar-refractivity contribution < 1.29 is 4.79 Å².